The van der Waals surface area contributed by atoms with Gasteiger partial charge < -0.3 is 5.73 Å². The molecule has 0 aromatic rings. The molecule has 0 radical (unpaired) electrons. The molecule has 68 valence electrons. The van der Waals surface area contributed by atoms with Gasteiger partial charge in [0.15, 0.2) is 0 Å². The summed E-state index contributed by atoms with van der Waals surface area (Å²) in [6.45, 7) is 2.06. The molecule has 0 saturated heterocycles. The Hall–Kier alpha value is -0.0900. The van der Waals surface area contributed by atoms with Crippen LogP contribution in [0.1, 0.15) is 26.2 Å². The van der Waals surface area contributed by atoms with Crippen LogP contribution < -0.4 is 5.73 Å². The summed E-state index contributed by atoms with van der Waals surface area (Å²) in [6.07, 6.45) is 4.11. The molecule has 0 bridgehead atoms. The third-order valence-electron chi connectivity index (χ3n) is 1.45. The smallest absolute Gasteiger partial charge is 0.148 e. The van der Waals surface area contributed by atoms with E-state index in [2.05, 4.69) is 6.92 Å². The van der Waals surface area contributed by atoms with Gasteiger partial charge in [0.1, 0.15) is 9.84 Å². The molecule has 0 amide bonds. The van der Waals surface area contributed by atoms with E-state index in [0.717, 1.165) is 19.3 Å². The van der Waals surface area contributed by atoms with Gasteiger partial charge in [-0.25, -0.2) is 8.42 Å². The molecule has 0 aromatic heterocycles. The molecule has 0 fully saturated rings. The topological polar surface area (TPSA) is 60.2 Å². The van der Waals surface area contributed by atoms with Gasteiger partial charge in [-0.2, -0.15) is 0 Å². The summed E-state index contributed by atoms with van der Waals surface area (Å²) >= 11 is 0. The highest BCUT2D eigenvalue weighted by Crippen LogP contribution is 2.00. The minimum Gasteiger partial charge on any atom is -0.327 e. The van der Waals surface area contributed by atoms with Gasteiger partial charge in [0.25, 0.3) is 0 Å². The highest BCUT2D eigenvalue weighted by atomic mass is 32.2. The van der Waals surface area contributed by atoms with Crippen molar-refractivity contribution in [2.75, 3.05) is 12.0 Å². The molecule has 3 nitrogen and oxygen atoms in total. The van der Waals surface area contributed by atoms with Gasteiger partial charge in [-0.1, -0.05) is 19.8 Å². The van der Waals surface area contributed by atoms with Crippen LogP contribution in [0.2, 0.25) is 0 Å². The molecule has 1 unspecified atom stereocenters. The zero-order chi connectivity index (χ0) is 8.91. The van der Waals surface area contributed by atoms with E-state index in [1.54, 1.807) is 0 Å². The molecule has 0 spiro atoms. The van der Waals surface area contributed by atoms with E-state index in [4.69, 9.17) is 5.73 Å². The maximum atomic E-state index is 10.7. The lowest BCUT2D eigenvalue weighted by molar-refractivity contribution is 0.574. The molecule has 0 heterocycles. The number of hydrogen-bond acceptors (Lipinski definition) is 3. The number of hydrogen-bond donors (Lipinski definition) is 1. The fourth-order valence-electron chi connectivity index (χ4n) is 0.939. The first-order chi connectivity index (χ1) is 4.95. The Morgan fingerprint density at radius 3 is 2.36 bits per heavy atom. The van der Waals surface area contributed by atoms with Gasteiger partial charge in [-0.15, -0.1) is 0 Å². The van der Waals surface area contributed by atoms with Crippen molar-refractivity contribution in [3.63, 3.8) is 0 Å². The standard InChI is InChI=1S/C7H17NO2S/c1-3-4-5-7(8)6-11(2,9)10/h7H,3-6,8H2,1-2H3. The van der Waals surface area contributed by atoms with Crippen LogP contribution >= 0.6 is 0 Å². The Labute approximate surface area is 68.9 Å². The quantitative estimate of drug-likeness (QED) is 0.670. The van der Waals surface area contributed by atoms with Crippen LogP contribution in [0.25, 0.3) is 0 Å². The molecule has 0 aromatic carbocycles. The molecule has 11 heavy (non-hydrogen) atoms. The molecule has 0 saturated carbocycles. The zero-order valence-electron chi connectivity index (χ0n) is 7.21. The normalized spacial score (nSPS) is 14.8. The molecule has 0 aliphatic carbocycles. The second-order valence-corrected chi connectivity index (χ2v) is 5.18. The van der Waals surface area contributed by atoms with E-state index in [1.807, 2.05) is 0 Å². The molecule has 1 atom stereocenters. The van der Waals surface area contributed by atoms with Crippen LogP contribution in [0.4, 0.5) is 0 Å². The Morgan fingerprint density at radius 2 is 2.00 bits per heavy atom. The Morgan fingerprint density at radius 1 is 1.45 bits per heavy atom. The number of sulfone groups is 1. The summed E-state index contributed by atoms with van der Waals surface area (Å²) in [7, 11) is -2.88. The third kappa shape index (κ3) is 7.81. The van der Waals surface area contributed by atoms with Crippen LogP contribution in [0.3, 0.4) is 0 Å². The summed E-state index contributed by atoms with van der Waals surface area (Å²) in [5.74, 6) is 0.118. The maximum Gasteiger partial charge on any atom is 0.148 e. The summed E-state index contributed by atoms with van der Waals surface area (Å²) in [5.41, 5.74) is 5.57. The predicted molar refractivity (Wildman–Crippen MR) is 47.2 cm³/mol. The summed E-state index contributed by atoms with van der Waals surface area (Å²) in [6, 6.07) is -0.176. The van der Waals surface area contributed by atoms with Crippen molar-refractivity contribution in [1.82, 2.24) is 0 Å². The lowest BCUT2D eigenvalue weighted by atomic mass is 10.2. The Balaban J connectivity index is 3.61. The first-order valence-electron chi connectivity index (χ1n) is 3.89. The highest BCUT2D eigenvalue weighted by molar-refractivity contribution is 7.90. The molecule has 0 aliphatic heterocycles. The largest absolute Gasteiger partial charge is 0.327 e. The van der Waals surface area contributed by atoms with Crippen molar-refractivity contribution >= 4 is 9.84 Å². The Bertz CT molecular complexity index is 187. The van der Waals surface area contributed by atoms with Crippen molar-refractivity contribution in [1.29, 1.82) is 0 Å². The predicted octanol–water partition coefficient (Wildman–Crippen LogP) is 0.549. The van der Waals surface area contributed by atoms with E-state index in [1.165, 1.54) is 6.26 Å². The van der Waals surface area contributed by atoms with Crippen LogP contribution in [-0.2, 0) is 9.84 Å². The zero-order valence-corrected chi connectivity index (χ0v) is 8.02. The second kappa shape index (κ2) is 4.72. The fraction of sp³-hybridized carbons (Fsp3) is 1.00. The van der Waals surface area contributed by atoms with Gasteiger partial charge in [0.2, 0.25) is 0 Å². The second-order valence-electron chi connectivity index (χ2n) is 2.99. The molecular weight excluding hydrogens is 162 g/mol. The number of unbranched alkanes of at least 4 members (excludes halogenated alkanes) is 1. The molecule has 2 N–H and O–H groups in total. The van der Waals surface area contributed by atoms with Crippen LogP contribution in [-0.4, -0.2) is 26.5 Å². The molecular formula is C7H17NO2S. The summed E-state index contributed by atoms with van der Waals surface area (Å²) < 4.78 is 21.4. The monoisotopic (exact) mass is 179 g/mol. The Kier molecular flexibility index (Phi) is 4.68. The summed E-state index contributed by atoms with van der Waals surface area (Å²) in [5, 5.41) is 0. The third-order valence-corrected chi connectivity index (χ3v) is 2.48. The molecule has 4 heteroatoms. The maximum absolute atomic E-state index is 10.7. The van der Waals surface area contributed by atoms with E-state index in [9.17, 15) is 8.42 Å². The molecule has 0 aliphatic rings. The average molecular weight is 179 g/mol. The van der Waals surface area contributed by atoms with Crippen molar-refractivity contribution < 1.29 is 8.42 Å². The van der Waals surface area contributed by atoms with Crippen molar-refractivity contribution in [3.05, 3.63) is 0 Å². The van der Waals surface area contributed by atoms with Crippen molar-refractivity contribution in [3.8, 4) is 0 Å². The van der Waals surface area contributed by atoms with Crippen LogP contribution in [0.5, 0.6) is 0 Å². The van der Waals surface area contributed by atoms with Gasteiger partial charge in [-0.3, -0.25) is 0 Å². The average Bonchev–Trinajstić information content (AvgIpc) is 1.79. The lowest BCUT2D eigenvalue weighted by Crippen LogP contribution is -2.28. The van der Waals surface area contributed by atoms with E-state index >= 15 is 0 Å². The van der Waals surface area contributed by atoms with Crippen molar-refractivity contribution in [2.24, 2.45) is 5.73 Å². The van der Waals surface area contributed by atoms with Crippen molar-refractivity contribution in [2.45, 2.75) is 32.2 Å². The lowest BCUT2D eigenvalue weighted by Gasteiger charge is -2.08. The first kappa shape index (κ1) is 10.9. The highest BCUT2D eigenvalue weighted by Gasteiger charge is 2.09. The van der Waals surface area contributed by atoms with Crippen LogP contribution in [0.15, 0.2) is 0 Å². The minimum absolute atomic E-state index is 0.118. The fourth-order valence-corrected chi connectivity index (χ4v) is 1.88. The van der Waals surface area contributed by atoms with Gasteiger partial charge >= 0.3 is 0 Å². The van der Waals surface area contributed by atoms with Gasteiger partial charge in [0.05, 0.1) is 5.75 Å². The minimum atomic E-state index is -2.88. The van der Waals surface area contributed by atoms with Gasteiger partial charge in [0, 0.05) is 12.3 Å². The van der Waals surface area contributed by atoms with Gasteiger partial charge in [-0.05, 0) is 6.42 Å². The van der Waals surface area contributed by atoms with E-state index in [-0.39, 0.29) is 11.8 Å². The number of rotatable bonds is 5. The van der Waals surface area contributed by atoms with E-state index in [0.29, 0.717) is 0 Å². The summed E-state index contributed by atoms with van der Waals surface area (Å²) in [4.78, 5) is 0. The van der Waals surface area contributed by atoms with Crippen LogP contribution in [0, 0.1) is 0 Å². The first-order valence-corrected chi connectivity index (χ1v) is 5.95. The SMILES string of the molecule is CCCCC(N)CS(C)(=O)=O. The number of nitrogens with two attached hydrogens (primary N) is 1. The molecule has 0 rings (SSSR count). The van der Waals surface area contributed by atoms with E-state index < -0.39 is 9.84 Å².